The van der Waals surface area contributed by atoms with E-state index in [0.29, 0.717) is 19.5 Å². The van der Waals surface area contributed by atoms with Crippen molar-refractivity contribution in [3.63, 3.8) is 0 Å². The van der Waals surface area contributed by atoms with Gasteiger partial charge in [0.15, 0.2) is 0 Å². The van der Waals surface area contributed by atoms with Crippen LogP contribution in [0.15, 0.2) is 29.2 Å². The van der Waals surface area contributed by atoms with Gasteiger partial charge in [0.1, 0.15) is 0 Å². The molecular weight excluding hydrogens is 396 g/mol. The summed E-state index contributed by atoms with van der Waals surface area (Å²) >= 11 is 0. The molecule has 0 bridgehead atoms. The van der Waals surface area contributed by atoms with Crippen molar-refractivity contribution in [3.05, 3.63) is 29.8 Å². The van der Waals surface area contributed by atoms with Gasteiger partial charge in [0.2, 0.25) is 21.8 Å². The Balaban J connectivity index is 1.57. The molecule has 29 heavy (non-hydrogen) atoms. The van der Waals surface area contributed by atoms with E-state index in [4.69, 9.17) is 0 Å². The van der Waals surface area contributed by atoms with Crippen LogP contribution in [-0.4, -0.2) is 62.5 Å². The van der Waals surface area contributed by atoms with Crippen LogP contribution < -0.4 is 10.9 Å². The van der Waals surface area contributed by atoms with Crippen LogP contribution in [0.1, 0.15) is 36.0 Å². The van der Waals surface area contributed by atoms with Crippen molar-refractivity contribution >= 4 is 27.7 Å². The number of hydrazine groups is 1. The first kappa shape index (κ1) is 21.3. The van der Waals surface area contributed by atoms with E-state index in [1.807, 2.05) is 0 Å². The van der Waals surface area contributed by atoms with E-state index in [0.717, 1.165) is 23.6 Å². The molecule has 1 aromatic carbocycles. The minimum atomic E-state index is -3.67. The molecule has 2 N–H and O–H groups in total. The number of carbonyl (C=O) groups excluding carboxylic acids is 3. The highest BCUT2D eigenvalue weighted by Crippen LogP contribution is 2.32. The standard InChI is InChI=1S/C19H26N4O5S/c1-22(2)29(27,28)16-7-3-5-14(11-16)17(24)20-21-18(25)15-6-4-10-23(12-15)19(26)13-8-9-13/h3,5,7,11,13,15H,4,6,8-10,12H2,1-2H3,(H,20,24)(H,21,25). The van der Waals surface area contributed by atoms with Gasteiger partial charge in [-0.05, 0) is 43.9 Å². The van der Waals surface area contributed by atoms with Gasteiger partial charge in [0, 0.05) is 38.7 Å². The molecule has 10 heteroatoms. The van der Waals surface area contributed by atoms with Crippen LogP contribution in [0.5, 0.6) is 0 Å². The number of nitrogens with zero attached hydrogens (tertiary/aromatic N) is 2. The van der Waals surface area contributed by atoms with E-state index in [-0.39, 0.29) is 34.1 Å². The molecule has 1 heterocycles. The number of hydrogen-bond acceptors (Lipinski definition) is 5. The maximum Gasteiger partial charge on any atom is 0.269 e. The fourth-order valence-electron chi connectivity index (χ4n) is 3.28. The molecule has 9 nitrogen and oxygen atoms in total. The average molecular weight is 423 g/mol. The summed E-state index contributed by atoms with van der Waals surface area (Å²) in [6.07, 6.45) is 3.23. The lowest BCUT2D eigenvalue weighted by Gasteiger charge is -2.32. The number of amides is 3. The summed E-state index contributed by atoms with van der Waals surface area (Å²) in [7, 11) is -0.856. The maximum absolute atomic E-state index is 12.4. The number of hydrogen-bond donors (Lipinski definition) is 2. The molecule has 0 aromatic heterocycles. The predicted molar refractivity (Wildman–Crippen MR) is 105 cm³/mol. The lowest BCUT2D eigenvalue weighted by atomic mass is 9.97. The van der Waals surface area contributed by atoms with Crippen molar-refractivity contribution in [1.82, 2.24) is 20.1 Å². The van der Waals surface area contributed by atoms with Gasteiger partial charge in [-0.1, -0.05) is 6.07 Å². The number of rotatable bonds is 5. The van der Waals surface area contributed by atoms with Crippen molar-refractivity contribution in [2.75, 3.05) is 27.2 Å². The fourth-order valence-corrected chi connectivity index (χ4v) is 4.23. The highest BCUT2D eigenvalue weighted by Gasteiger charge is 2.36. The third-order valence-corrected chi connectivity index (χ3v) is 7.02. The molecule has 1 atom stereocenters. The van der Waals surface area contributed by atoms with Crippen LogP contribution in [0.2, 0.25) is 0 Å². The number of likely N-dealkylation sites (tertiary alicyclic amines) is 1. The molecule has 0 spiro atoms. The van der Waals surface area contributed by atoms with E-state index in [2.05, 4.69) is 10.9 Å². The Kier molecular flexibility index (Phi) is 6.23. The fraction of sp³-hybridized carbons (Fsp3) is 0.526. The second kappa shape index (κ2) is 8.50. The second-order valence-corrected chi connectivity index (χ2v) is 9.81. The number of carbonyl (C=O) groups is 3. The van der Waals surface area contributed by atoms with Crippen molar-refractivity contribution < 1.29 is 22.8 Å². The Morgan fingerprint density at radius 3 is 2.45 bits per heavy atom. The Bertz CT molecular complexity index is 911. The molecule has 1 aliphatic heterocycles. The highest BCUT2D eigenvalue weighted by atomic mass is 32.2. The van der Waals surface area contributed by atoms with Crippen molar-refractivity contribution in [2.24, 2.45) is 11.8 Å². The van der Waals surface area contributed by atoms with Crippen LogP contribution in [0.3, 0.4) is 0 Å². The molecular formula is C19H26N4O5S. The third kappa shape index (κ3) is 4.94. The Morgan fingerprint density at radius 1 is 1.07 bits per heavy atom. The maximum atomic E-state index is 12.4. The van der Waals surface area contributed by atoms with Crippen molar-refractivity contribution in [1.29, 1.82) is 0 Å². The molecule has 3 amide bonds. The molecule has 2 fully saturated rings. The zero-order valence-corrected chi connectivity index (χ0v) is 17.4. The van der Waals surface area contributed by atoms with Crippen LogP contribution >= 0.6 is 0 Å². The number of nitrogens with one attached hydrogen (secondary N) is 2. The molecule has 1 saturated carbocycles. The van der Waals surface area contributed by atoms with E-state index in [1.54, 1.807) is 4.90 Å². The average Bonchev–Trinajstić information content (AvgIpc) is 3.56. The Hall–Kier alpha value is -2.46. The molecule has 2 aliphatic rings. The van der Waals surface area contributed by atoms with Gasteiger partial charge >= 0.3 is 0 Å². The minimum Gasteiger partial charge on any atom is -0.342 e. The van der Waals surface area contributed by atoms with E-state index >= 15 is 0 Å². The van der Waals surface area contributed by atoms with Crippen molar-refractivity contribution in [2.45, 2.75) is 30.6 Å². The molecule has 1 aliphatic carbocycles. The van der Waals surface area contributed by atoms with Gasteiger partial charge in [0.25, 0.3) is 5.91 Å². The summed E-state index contributed by atoms with van der Waals surface area (Å²) in [6.45, 7) is 1.02. The molecule has 3 rings (SSSR count). The van der Waals surface area contributed by atoms with Crippen LogP contribution in [0.25, 0.3) is 0 Å². The quantitative estimate of drug-likeness (QED) is 0.664. The second-order valence-electron chi connectivity index (χ2n) is 7.66. The highest BCUT2D eigenvalue weighted by molar-refractivity contribution is 7.89. The predicted octanol–water partition coefficient (Wildman–Crippen LogP) is 0.347. The van der Waals surface area contributed by atoms with Gasteiger partial charge in [-0.25, -0.2) is 12.7 Å². The molecule has 0 radical (unpaired) electrons. The summed E-state index contributed by atoms with van der Waals surface area (Å²) in [4.78, 5) is 38.7. The minimum absolute atomic E-state index is 0.0111. The van der Waals surface area contributed by atoms with E-state index in [9.17, 15) is 22.8 Å². The van der Waals surface area contributed by atoms with Gasteiger partial charge in [0.05, 0.1) is 10.8 Å². The van der Waals surface area contributed by atoms with Gasteiger partial charge < -0.3 is 4.90 Å². The van der Waals surface area contributed by atoms with Gasteiger partial charge in [-0.3, -0.25) is 25.2 Å². The smallest absolute Gasteiger partial charge is 0.269 e. The Morgan fingerprint density at radius 2 is 1.79 bits per heavy atom. The van der Waals surface area contributed by atoms with Gasteiger partial charge in [-0.15, -0.1) is 0 Å². The molecule has 1 aromatic rings. The van der Waals surface area contributed by atoms with Crippen molar-refractivity contribution in [3.8, 4) is 0 Å². The normalized spacial score (nSPS) is 19.7. The van der Waals surface area contributed by atoms with Crippen LogP contribution in [0.4, 0.5) is 0 Å². The summed E-state index contributed by atoms with van der Waals surface area (Å²) in [6, 6.07) is 5.59. The largest absolute Gasteiger partial charge is 0.342 e. The first-order valence-electron chi connectivity index (χ1n) is 9.61. The van der Waals surface area contributed by atoms with Crippen LogP contribution in [0, 0.1) is 11.8 Å². The number of piperidine rings is 1. The topological polar surface area (TPSA) is 116 Å². The number of sulfonamides is 1. The lowest BCUT2D eigenvalue weighted by molar-refractivity contribution is -0.137. The molecule has 158 valence electrons. The summed E-state index contributed by atoms with van der Waals surface area (Å²) in [5, 5.41) is 0. The van der Waals surface area contributed by atoms with E-state index < -0.39 is 15.9 Å². The van der Waals surface area contributed by atoms with Crippen LogP contribution in [-0.2, 0) is 19.6 Å². The summed E-state index contributed by atoms with van der Waals surface area (Å²) < 4.78 is 25.5. The molecule has 1 unspecified atom stereocenters. The summed E-state index contributed by atoms with van der Waals surface area (Å²) in [5.41, 5.74) is 4.85. The Labute approximate surface area is 170 Å². The first-order valence-corrected chi connectivity index (χ1v) is 11.1. The van der Waals surface area contributed by atoms with Gasteiger partial charge in [-0.2, -0.15) is 0 Å². The zero-order chi connectivity index (χ0) is 21.2. The third-order valence-electron chi connectivity index (χ3n) is 5.20. The van der Waals surface area contributed by atoms with E-state index in [1.165, 1.54) is 38.4 Å². The number of benzene rings is 1. The SMILES string of the molecule is CN(C)S(=O)(=O)c1cccc(C(=O)NNC(=O)C2CCCN(C(=O)C3CC3)C2)c1. The molecule has 1 saturated heterocycles. The first-order chi connectivity index (χ1) is 13.7. The zero-order valence-electron chi connectivity index (χ0n) is 16.6. The lowest BCUT2D eigenvalue weighted by Crippen LogP contribution is -2.50. The summed E-state index contributed by atoms with van der Waals surface area (Å²) in [5.74, 6) is -1.13. The monoisotopic (exact) mass is 422 g/mol.